The van der Waals surface area contributed by atoms with Gasteiger partial charge in [-0.2, -0.15) is 5.10 Å². The molecule has 0 aliphatic heterocycles. The molecular formula is C15H19N3O4. The number of hydrogen-bond acceptors (Lipinski definition) is 5. The lowest BCUT2D eigenvalue weighted by Gasteiger charge is -2.21. The predicted molar refractivity (Wildman–Crippen MR) is 79.4 cm³/mol. The molecule has 1 atom stereocenters. The van der Waals surface area contributed by atoms with E-state index in [2.05, 4.69) is 10.4 Å². The largest absolute Gasteiger partial charge is 0.444 e. The Morgan fingerprint density at radius 1 is 1.32 bits per heavy atom. The van der Waals surface area contributed by atoms with Gasteiger partial charge in [-0.1, -0.05) is 6.07 Å². The van der Waals surface area contributed by atoms with Crippen LogP contribution >= 0.6 is 0 Å². The number of carbonyl (C=O) groups excluding carboxylic acids is 2. The molecule has 0 bridgehead atoms. The number of carbonyl (C=O) groups is 2. The molecule has 1 amide bonds. The van der Waals surface area contributed by atoms with Crippen LogP contribution in [0.2, 0.25) is 0 Å². The first kappa shape index (κ1) is 15.8. The smallest absolute Gasteiger partial charge is 0.410 e. The van der Waals surface area contributed by atoms with E-state index < -0.39 is 23.9 Å². The highest BCUT2D eigenvalue weighted by atomic mass is 16.6. The lowest BCUT2D eigenvalue weighted by Crippen LogP contribution is -2.39. The molecule has 2 aromatic rings. The Labute approximate surface area is 128 Å². The number of nitrogens with one attached hydrogen (secondary N) is 1. The Kier molecular flexibility index (Phi) is 4.35. The normalized spacial score (nSPS) is 12.7. The minimum absolute atomic E-state index is 0.332. The van der Waals surface area contributed by atoms with Gasteiger partial charge in [-0.25, -0.2) is 14.1 Å². The fourth-order valence-corrected chi connectivity index (χ4v) is 1.82. The van der Waals surface area contributed by atoms with Crippen molar-refractivity contribution in [1.82, 2.24) is 14.9 Å². The molecule has 7 heteroatoms. The van der Waals surface area contributed by atoms with Gasteiger partial charge in [0.2, 0.25) is 0 Å². The molecule has 2 aromatic heterocycles. The van der Waals surface area contributed by atoms with Gasteiger partial charge in [-0.05, 0) is 39.8 Å². The van der Waals surface area contributed by atoms with Gasteiger partial charge in [0.25, 0.3) is 0 Å². The zero-order valence-electron chi connectivity index (χ0n) is 13.0. The van der Waals surface area contributed by atoms with Crippen molar-refractivity contribution in [1.29, 1.82) is 0 Å². The van der Waals surface area contributed by atoms with Crippen LogP contribution in [0.4, 0.5) is 4.79 Å². The van der Waals surface area contributed by atoms with E-state index in [-0.39, 0.29) is 0 Å². The van der Waals surface area contributed by atoms with E-state index in [1.54, 1.807) is 50.5 Å². The van der Waals surface area contributed by atoms with Crippen molar-refractivity contribution >= 4 is 17.6 Å². The fourth-order valence-electron chi connectivity index (χ4n) is 1.82. The molecule has 0 aliphatic carbocycles. The van der Waals surface area contributed by atoms with E-state index in [1.165, 1.54) is 6.20 Å². The number of nitrogens with zero attached hydrogens (tertiary/aromatic N) is 2. The average Bonchev–Trinajstić information content (AvgIpc) is 2.79. The third-order valence-electron chi connectivity index (χ3n) is 2.65. The summed E-state index contributed by atoms with van der Waals surface area (Å²) in [5.74, 6) is -0.565. The summed E-state index contributed by atoms with van der Waals surface area (Å²) in [7, 11) is 0. The van der Waals surface area contributed by atoms with E-state index >= 15 is 0 Å². The minimum Gasteiger partial charge on any atom is -0.444 e. The number of ether oxygens (including phenoxy) is 2. The molecule has 1 unspecified atom stereocenters. The predicted octanol–water partition coefficient (Wildman–Crippen LogP) is 2.36. The molecule has 0 aromatic carbocycles. The van der Waals surface area contributed by atoms with Gasteiger partial charge < -0.3 is 9.47 Å². The quantitative estimate of drug-likeness (QED) is 0.695. The Hall–Kier alpha value is -2.57. The summed E-state index contributed by atoms with van der Waals surface area (Å²) in [6.07, 6.45) is 1.69. The van der Waals surface area contributed by atoms with Crippen molar-refractivity contribution in [2.45, 2.75) is 39.5 Å². The summed E-state index contributed by atoms with van der Waals surface area (Å²) in [5, 5.41) is 6.51. The van der Waals surface area contributed by atoms with E-state index in [1.807, 2.05) is 6.07 Å². The van der Waals surface area contributed by atoms with Gasteiger partial charge in [-0.15, -0.1) is 0 Å². The van der Waals surface area contributed by atoms with E-state index in [9.17, 15) is 9.59 Å². The standard InChI is InChI=1S/C15H19N3O4/c1-10(17-14(20)22-15(2,3)4)21-13(19)11-9-16-18-8-6-5-7-12(11)18/h5-10H,1-4H3,(H,17,20). The lowest BCUT2D eigenvalue weighted by molar-refractivity contribution is 0.0150. The second kappa shape index (κ2) is 6.05. The molecule has 2 rings (SSSR count). The molecule has 22 heavy (non-hydrogen) atoms. The van der Waals surface area contributed by atoms with E-state index in [4.69, 9.17) is 9.47 Å². The van der Waals surface area contributed by atoms with Crippen LogP contribution in [0.5, 0.6) is 0 Å². The van der Waals surface area contributed by atoms with Crippen LogP contribution in [0.3, 0.4) is 0 Å². The summed E-state index contributed by atoms with van der Waals surface area (Å²) in [4.78, 5) is 23.7. The number of hydrogen-bond donors (Lipinski definition) is 1. The second-order valence-corrected chi connectivity index (χ2v) is 5.78. The molecule has 0 fully saturated rings. The topological polar surface area (TPSA) is 81.9 Å². The van der Waals surface area contributed by atoms with Crippen molar-refractivity contribution < 1.29 is 19.1 Å². The van der Waals surface area contributed by atoms with Crippen molar-refractivity contribution in [2.75, 3.05) is 0 Å². The van der Waals surface area contributed by atoms with Gasteiger partial charge >= 0.3 is 12.1 Å². The summed E-state index contributed by atoms with van der Waals surface area (Å²) < 4.78 is 11.8. The van der Waals surface area contributed by atoms with Gasteiger partial charge in [-0.3, -0.25) is 5.32 Å². The maximum Gasteiger partial charge on any atom is 0.410 e. The van der Waals surface area contributed by atoms with Crippen LogP contribution in [0.1, 0.15) is 38.1 Å². The zero-order valence-corrected chi connectivity index (χ0v) is 13.0. The maximum atomic E-state index is 12.1. The maximum absolute atomic E-state index is 12.1. The van der Waals surface area contributed by atoms with Gasteiger partial charge in [0.05, 0.1) is 11.7 Å². The number of fused-ring (bicyclic) bond motifs is 1. The van der Waals surface area contributed by atoms with Crippen molar-refractivity contribution in [2.24, 2.45) is 0 Å². The van der Waals surface area contributed by atoms with Crippen LogP contribution in [0, 0.1) is 0 Å². The molecule has 0 radical (unpaired) electrons. The van der Waals surface area contributed by atoms with Crippen LogP contribution < -0.4 is 5.32 Å². The molecule has 0 saturated heterocycles. The number of pyridine rings is 1. The lowest BCUT2D eigenvalue weighted by atomic mass is 10.2. The first-order valence-electron chi connectivity index (χ1n) is 6.89. The molecule has 0 spiro atoms. The highest BCUT2D eigenvalue weighted by molar-refractivity contribution is 5.96. The molecule has 2 heterocycles. The fraction of sp³-hybridized carbons (Fsp3) is 0.400. The Bertz CT molecular complexity index is 687. The minimum atomic E-state index is -0.819. The second-order valence-electron chi connectivity index (χ2n) is 5.78. The third-order valence-corrected chi connectivity index (χ3v) is 2.65. The van der Waals surface area contributed by atoms with Crippen LogP contribution in [-0.2, 0) is 9.47 Å². The summed E-state index contributed by atoms with van der Waals surface area (Å²) >= 11 is 0. The summed E-state index contributed by atoms with van der Waals surface area (Å²) in [5.41, 5.74) is 0.353. The van der Waals surface area contributed by atoms with Crippen molar-refractivity contribution in [3.8, 4) is 0 Å². The average molecular weight is 305 g/mol. The van der Waals surface area contributed by atoms with E-state index in [0.717, 1.165) is 0 Å². The number of aromatic nitrogens is 2. The molecule has 118 valence electrons. The molecular weight excluding hydrogens is 286 g/mol. The zero-order chi connectivity index (χ0) is 16.3. The molecule has 0 aliphatic rings. The number of alkyl carbamates (subject to hydrolysis) is 1. The first-order chi connectivity index (χ1) is 10.3. The Morgan fingerprint density at radius 2 is 2.05 bits per heavy atom. The van der Waals surface area contributed by atoms with Gasteiger partial charge in [0.1, 0.15) is 11.2 Å². The number of esters is 1. The Morgan fingerprint density at radius 3 is 2.73 bits per heavy atom. The first-order valence-corrected chi connectivity index (χ1v) is 6.89. The molecule has 0 saturated carbocycles. The summed E-state index contributed by atoms with van der Waals surface area (Å²) in [6.45, 7) is 6.81. The monoisotopic (exact) mass is 305 g/mol. The highest BCUT2D eigenvalue weighted by Gasteiger charge is 2.21. The van der Waals surface area contributed by atoms with Crippen molar-refractivity contribution in [3.63, 3.8) is 0 Å². The molecule has 1 N–H and O–H groups in total. The third kappa shape index (κ3) is 3.97. The van der Waals surface area contributed by atoms with Gasteiger partial charge in [0, 0.05) is 6.20 Å². The SMILES string of the molecule is CC(NC(=O)OC(C)(C)C)OC(=O)c1cnn2ccccc12. The highest BCUT2D eigenvalue weighted by Crippen LogP contribution is 2.12. The van der Waals surface area contributed by atoms with E-state index in [0.29, 0.717) is 11.1 Å². The molecule has 7 nitrogen and oxygen atoms in total. The summed E-state index contributed by atoms with van der Waals surface area (Å²) in [6, 6.07) is 5.37. The number of rotatable bonds is 3. The number of amides is 1. The van der Waals surface area contributed by atoms with Crippen LogP contribution in [0.15, 0.2) is 30.6 Å². The van der Waals surface area contributed by atoms with Crippen LogP contribution in [0.25, 0.3) is 5.52 Å². The van der Waals surface area contributed by atoms with Crippen molar-refractivity contribution in [3.05, 3.63) is 36.2 Å². The van der Waals surface area contributed by atoms with Gasteiger partial charge in [0.15, 0.2) is 6.23 Å². The van der Waals surface area contributed by atoms with Crippen LogP contribution in [-0.4, -0.2) is 33.5 Å². The Balaban J connectivity index is 1.98.